The maximum absolute atomic E-state index is 12.1. The molecule has 0 aliphatic rings. The van der Waals surface area contributed by atoms with E-state index in [4.69, 9.17) is 9.15 Å². The van der Waals surface area contributed by atoms with Gasteiger partial charge in [0.15, 0.2) is 5.76 Å². The highest BCUT2D eigenvalue weighted by molar-refractivity contribution is 7.89. The van der Waals surface area contributed by atoms with Gasteiger partial charge >= 0.3 is 0 Å². The van der Waals surface area contributed by atoms with Crippen molar-refractivity contribution in [1.29, 1.82) is 0 Å². The Morgan fingerprint density at radius 3 is 2.42 bits per heavy atom. The van der Waals surface area contributed by atoms with Crippen LogP contribution in [0, 0.1) is 0 Å². The molecule has 8 heteroatoms. The molecular weight excluding hydrogens is 332 g/mol. The lowest BCUT2D eigenvalue weighted by molar-refractivity contribution is 0.0925. The highest BCUT2D eigenvalue weighted by Gasteiger charge is 2.14. The second kappa shape index (κ2) is 7.98. The van der Waals surface area contributed by atoms with E-state index < -0.39 is 10.0 Å². The van der Waals surface area contributed by atoms with Gasteiger partial charge in [0.1, 0.15) is 11.5 Å². The summed E-state index contributed by atoms with van der Waals surface area (Å²) in [6.45, 7) is 2.15. The number of rotatable bonds is 8. The average molecular weight is 352 g/mol. The summed E-state index contributed by atoms with van der Waals surface area (Å²) in [5.74, 6) is 1.13. The summed E-state index contributed by atoms with van der Waals surface area (Å²) in [6.07, 6.45) is 0.703. The minimum absolute atomic E-state index is 0.0709. The van der Waals surface area contributed by atoms with Gasteiger partial charge in [-0.3, -0.25) is 4.79 Å². The molecule has 0 fully saturated rings. The smallest absolute Gasteiger partial charge is 0.287 e. The minimum Gasteiger partial charge on any atom is -0.497 e. The molecule has 2 rings (SSSR count). The van der Waals surface area contributed by atoms with E-state index in [1.54, 1.807) is 24.3 Å². The highest BCUT2D eigenvalue weighted by Crippen LogP contribution is 2.15. The van der Waals surface area contributed by atoms with Crippen LogP contribution in [-0.4, -0.2) is 34.5 Å². The first-order valence-electron chi connectivity index (χ1n) is 7.47. The molecule has 0 unspecified atom stereocenters. The van der Waals surface area contributed by atoms with Crippen molar-refractivity contribution >= 4 is 15.9 Å². The van der Waals surface area contributed by atoms with Gasteiger partial charge in [-0.25, -0.2) is 13.1 Å². The molecule has 0 aliphatic carbocycles. The van der Waals surface area contributed by atoms with Gasteiger partial charge in [0.25, 0.3) is 5.91 Å². The van der Waals surface area contributed by atoms with Gasteiger partial charge in [-0.2, -0.15) is 0 Å². The number of ether oxygens (including phenoxy) is 1. The van der Waals surface area contributed by atoms with Gasteiger partial charge < -0.3 is 14.5 Å². The predicted octanol–water partition coefficient (Wildman–Crippen LogP) is 1.56. The zero-order valence-corrected chi connectivity index (χ0v) is 14.4. The number of hydrogen-bond acceptors (Lipinski definition) is 5. The van der Waals surface area contributed by atoms with Crippen LogP contribution in [0.5, 0.6) is 5.75 Å². The topological polar surface area (TPSA) is 97.6 Å². The lowest BCUT2D eigenvalue weighted by atomic mass is 10.3. The molecular formula is C16H20N2O5S. The van der Waals surface area contributed by atoms with Crippen LogP contribution in [0.2, 0.25) is 0 Å². The quantitative estimate of drug-likeness (QED) is 0.703. The van der Waals surface area contributed by atoms with Crippen LogP contribution in [0.25, 0.3) is 0 Å². The van der Waals surface area contributed by atoms with E-state index >= 15 is 0 Å². The van der Waals surface area contributed by atoms with E-state index in [1.165, 1.54) is 19.2 Å². The number of nitrogens with one attached hydrogen (secondary N) is 2. The molecule has 24 heavy (non-hydrogen) atoms. The molecule has 1 amide bonds. The summed E-state index contributed by atoms with van der Waals surface area (Å²) in [5, 5.41) is 2.60. The standard InChI is InChI=1S/C16H20N2O5S/c1-3-12-6-9-15(23-12)16(19)17-10-11-18-24(20,21)14-7-4-13(22-2)5-8-14/h4-9,18H,3,10-11H2,1-2H3,(H,17,19). The van der Waals surface area contributed by atoms with Crippen LogP contribution in [0.3, 0.4) is 0 Å². The van der Waals surface area contributed by atoms with Gasteiger partial charge in [-0.15, -0.1) is 0 Å². The van der Waals surface area contributed by atoms with Crippen LogP contribution in [0.15, 0.2) is 45.7 Å². The van der Waals surface area contributed by atoms with Crippen molar-refractivity contribution in [2.75, 3.05) is 20.2 Å². The summed E-state index contributed by atoms with van der Waals surface area (Å²) in [6, 6.07) is 9.37. The van der Waals surface area contributed by atoms with Gasteiger partial charge in [0.2, 0.25) is 10.0 Å². The Labute approximate surface area is 141 Å². The number of hydrogen-bond donors (Lipinski definition) is 2. The molecule has 130 valence electrons. The third kappa shape index (κ3) is 4.59. The second-order valence-electron chi connectivity index (χ2n) is 4.95. The third-order valence-electron chi connectivity index (χ3n) is 3.31. The van der Waals surface area contributed by atoms with Crippen LogP contribution in [-0.2, 0) is 16.4 Å². The zero-order valence-electron chi connectivity index (χ0n) is 13.5. The summed E-state index contributed by atoms with van der Waals surface area (Å²) in [5.41, 5.74) is 0. The Kier molecular flexibility index (Phi) is 5.99. The van der Waals surface area contributed by atoms with Crippen LogP contribution in [0.4, 0.5) is 0 Å². The van der Waals surface area contributed by atoms with Crippen molar-refractivity contribution in [3.8, 4) is 5.75 Å². The van der Waals surface area contributed by atoms with Crippen molar-refractivity contribution in [3.05, 3.63) is 47.9 Å². The number of carbonyl (C=O) groups is 1. The lowest BCUT2D eigenvalue weighted by Crippen LogP contribution is -2.34. The Hall–Kier alpha value is -2.32. The van der Waals surface area contributed by atoms with Crippen LogP contribution in [0.1, 0.15) is 23.2 Å². The molecule has 1 aromatic heterocycles. The van der Waals surface area contributed by atoms with E-state index in [0.717, 1.165) is 5.76 Å². The van der Waals surface area contributed by atoms with E-state index in [1.807, 2.05) is 6.92 Å². The Morgan fingerprint density at radius 1 is 1.12 bits per heavy atom. The highest BCUT2D eigenvalue weighted by atomic mass is 32.2. The Morgan fingerprint density at radius 2 is 1.83 bits per heavy atom. The van der Waals surface area contributed by atoms with Crippen molar-refractivity contribution in [2.24, 2.45) is 0 Å². The molecule has 0 saturated carbocycles. The van der Waals surface area contributed by atoms with Crippen LogP contribution < -0.4 is 14.8 Å². The predicted molar refractivity (Wildman–Crippen MR) is 88.6 cm³/mol. The average Bonchev–Trinajstić information content (AvgIpc) is 3.08. The van der Waals surface area contributed by atoms with Crippen molar-refractivity contribution in [1.82, 2.24) is 10.0 Å². The molecule has 7 nitrogen and oxygen atoms in total. The normalized spacial score (nSPS) is 11.2. The molecule has 1 heterocycles. The minimum atomic E-state index is -3.63. The molecule has 0 aliphatic heterocycles. The van der Waals surface area contributed by atoms with Gasteiger partial charge in [0, 0.05) is 19.5 Å². The summed E-state index contributed by atoms with van der Waals surface area (Å²) >= 11 is 0. The first-order chi connectivity index (χ1) is 11.5. The fourth-order valence-electron chi connectivity index (χ4n) is 1.98. The number of sulfonamides is 1. The van der Waals surface area contributed by atoms with Crippen molar-refractivity contribution in [2.45, 2.75) is 18.2 Å². The Balaban J connectivity index is 1.83. The van der Waals surface area contributed by atoms with Gasteiger partial charge in [-0.05, 0) is 36.4 Å². The van der Waals surface area contributed by atoms with Crippen LogP contribution >= 0.6 is 0 Å². The molecule has 1 aromatic carbocycles. The monoisotopic (exact) mass is 352 g/mol. The summed E-state index contributed by atoms with van der Waals surface area (Å²) in [7, 11) is -2.12. The van der Waals surface area contributed by atoms with E-state index in [-0.39, 0.29) is 29.7 Å². The Bertz CT molecular complexity index is 781. The SMILES string of the molecule is CCc1ccc(C(=O)NCCNS(=O)(=O)c2ccc(OC)cc2)o1. The second-order valence-corrected chi connectivity index (χ2v) is 6.72. The number of furan rings is 1. The summed E-state index contributed by atoms with van der Waals surface area (Å²) in [4.78, 5) is 12.0. The van der Waals surface area contributed by atoms with Gasteiger partial charge in [0.05, 0.1) is 12.0 Å². The van der Waals surface area contributed by atoms with E-state index in [9.17, 15) is 13.2 Å². The first-order valence-corrected chi connectivity index (χ1v) is 8.95. The number of amides is 1. The lowest BCUT2D eigenvalue weighted by Gasteiger charge is -2.08. The largest absolute Gasteiger partial charge is 0.497 e. The molecule has 0 bridgehead atoms. The molecule has 0 atom stereocenters. The maximum Gasteiger partial charge on any atom is 0.287 e. The van der Waals surface area contributed by atoms with Crippen molar-refractivity contribution < 1.29 is 22.4 Å². The summed E-state index contributed by atoms with van der Waals surface area (Å²) < 4.78 is 36.9. The van der Waals surface area contributed by atoms with Gasteiger partial charge in [-0.1, -0.05) is 6.92 Å². The molecule has 2 aromatic rings. The maximum atomic E-state index is 12.1. The number of carbonyl (C=O) groups excluding carboxylic acids is 1. The number of benzene rings is 1. The number of methoxy groups -OCH3 is 1. The number of aryl methyl sites for hydroxylation is 1. The van der Waals surface area contributed by atoms with Crippen molar-refractivity contribution in [3.63, 3.8) is 0 Å². The first kappa shape index (κ1) is 18.0. The fraction of sp³-hybridized carbons (Fsp3) is 0.312. The zero-order chi connectivity index (χ0) is 17.6. The molecule has 2 N–H and O–H groups in total. The molecule has 0 spiro atoms. The van der Waals surface area contributed by atoms with E-state index in [0.29, 0.717) is 12.2 Å². The van der Waals surface area contributed by atoms with E-state index in [2.05, 4.69) is 10.0 Å². The molecule has 0 saturated heterocycles. The molecule has 0 radical (unpaired) electrons. The third-order valence-corrected chi connectivity index (χ3v) is 4.78. The fourth-order valence-corrected chi connectivity index (χ4v) is 3.01.